The fourth-order valence-corrected chi connectivity index (χ4v) is 4.37. The van der Waals surface area contributed by atoms with Crippen LogP contribution in [0.4, 0.5) is 0 Å². The van der Waals surface area contributed by atoms with Crippen molar-refractivity contribution in [1.82, 2.24) is 4.90 Å². The molecule has 0 heterocycles. The normalized spacial score (nSPS) is 24.3. The number of hydrogen-bond acceptors (Lipinski definition) is 3. The van der Waals surface area contributed by atoms with Gasteiger partial charge in [-0.05, 0) is 62.2 Å². The summed E-state index contributed by atoms with van der Waals surface area (Å²) in [7, 11) is 5.88. The molecule has 150 valence electrons. The van der Waals surface area contributed by atoms with E-state index in [4.69, 9.17) is 4.74 Å². The van der Waals surface area contributed by atoms with Crippen LogP contribution in [0.5, 0.6) is 5.75 Å². The zero-order chi connectivity index (χ0) is 20.0. The molecular formula is C25H33NO2. The first-order valence-corrected chi connectivity index (χ1v) is 10.3. The predicted octanol–water partition coefficient (Wildman–Crippen LogP) is 4.80. The first-order chi connectivity index (χ1) is 13.5. The largest absolute Gasteiger partial charge is 0.497 e. The molecule has 0 aromatic heterocycles. The van der Waals surface area contributed by atoms with Gasteiger partial charge in [-0.15, -0.1) is 0 Å². The molecule has 0 amide bonds. The van der Waals surface area contributed by atoms with Crippen LogP contribution in [-0.2, 0) is 6.42 Å². The lowest BCUT2D eigenvalue weighted by atomic mass is 9.75. The lowest BCUT2D eigenvalue weighted by molar-refractivity contribution is 0.00517. The number of nitrogens with zero attached hydrogens (tertiary/aromatic N) is 1. The monoisotopic (exact) mass is 379 g/mol. The summed E-state index contributed by atoms with van der Waals surface area (Å²) in [6.45, 7) is 0.892. The van der Waals surface area contributed by atoms with Crippen molar-refractivity contribution in [3.63, 3.8) is 0 Å². The summed E-state index contributed by atoms with van der Waals surface area (Å²) in [4.78, 5) is 2.21. The smallest absolute Gasteiger partial charge is 0.118 e. The van der Waals surface area contributed by atoms with Crippen molar-refractivity contribution in [2.75, 3.05) is 27.7 Å². The number of rotatable bonds is 6. The minimum atomic E-state index is -0.831. The Bertz CT molecular complexity index is 767. The molecule has 2 unspecified atom stereocenters. The number of ether oxygens (including phenoxy) is 1. The third kappa shape index (κ3) is 5.03. The molecule has 3 heteroatoms. The molecule has 0 radical (unpaired) electrons. The van der Waals surface area contributed by atoms with Crippen LogP contribution in [0.2, 0.25) is 0 Å². The molecule has 0 aliphatic heterocycles. The maximum Gasteiger partial charge on any atom is 0.118 e. The van der Waals surface area contributed by atoms with Gasteiger partial charge in [0.25, 0.3) is 0 Å². The number of hydrogen-bond donors (Lipinski definition) is 1. The van der Waals surface area contributed by atoms with Crippen molar-refractivity contribution in [3.8, 4) is 5.75 Å². The van der Waals surface area contributed by atoms with Gasteiger partial charge in [0.05, 0.1) is 12.7 Å². The second kappa shape index (κ2) is 9.40. The Morgan fingerprint density at radius 3 is 2.43 bits per heavy atom. The maximum absolute atomic E-state index is 12.1. The van der Waals surface area contributed by atoms with E-state index in [1.54, 1.807) is 7.11 Å². The average molecular weight is 380 g/mol. The number of benzene rings is 2. The molecule has 2 aromatic carbocycles. The topological polar surface area (TPSA) is 32.7 Å². The molecule has 1 N–H and O–H groups in total. The Hall–Kier alpha value is -2.10. The Labute approximate surface area is 169 Å². The molecule has 2 aromatic rings. The quantitative estimate of drug-likeness (QED) is 0.732. The average Bonchev–Trinajstić information content (AvgIpc) is 2.83. The van der Waals surface area contributed by atoms with E-state index >= 15 is 0 Å². The minimum Gasteiger partial charge on any atom is -0.497 e. The molecule has 3 rings (SSSR count). The lowest BCUT2D eigenvalue weighted by Gasteiger charge is -2.39. The number of aliphatic hydroxyl groups is 1. The Morgan fingerprint density at radius 1 is 1.07 bits per heavy atom. The fraction of sp³-hybridized carbons (Fsp3) is 0.440. The van der Waals surface area contributed by atoms with E-state index in [0.29, 0.717) is 6.42 Å². The molecule has 0 bridgehead atoms. The zero-order valence-electron chi connectivity index (χ0n) is 17.4. The van der Waals surface area contributed by atoms with Gasteiger partial charge in [0, 0.05) is 18.9 Å². The molecule has 0 spiro atoms. The highest BCUT2D eigenvalue weighted by molar-refractivity contribution is 5.57. The third-order valence-electron chi connectivity index (χ3n) is 5.84. The second-order valence-corrected chi connectivity index (χ2v) is 8.23. The van der Waals surface area contributed by atoms with E-state index in [9.17, 15) is 5.11 Å². The summed E-state index contributed by atoms with van der Waals surface area (Å²) < 4.78 is 5.28. The van der Waals surface area contributed by atoms with Gasteiger partial charge in [-0.25, -0.2) is 0 Å². The first kappa shape index (κ1) is 20.6. The second-order valence-electron chi connectivity index (χ2n) is 8.23. The molecule has 3 nitrogen and oxygen atoms in total. The van der Waals surface area contributed by atoms with Crippen molar-refractivity contribution in [2.45, 2.75) is 37.7 Å². The van der Waals surface area contributed by atoms with Gasteiger partial charge in [-0.2, -0.15) is 0 Å². The molecule has 28 heavy (non-hydrogen) atoms. The van der Waals surface area contributed by atoms with Crippen molar-refractivity contribution in [1.29, 1.82) is 0 Å². The standard InChI is InChI=1S/C25H33NO2/c1-26(2)19-23-12-8-7-11-22(17-20-13-15-24(28-3)16-14-20)25(23,27)18-21-9-5-4-6-10-21/h4-6,9-10,13-17,23,27H,7-8,11-12,18-19H2,1-3H3. The van der Waals surface area contributed by atoms with E-state index < -0.39 is 5.60 Å². The number of methoxy groups -OCH3 is 1. The highest BCUT2D eigenvalue weighted by atomic mass is 16.5. The van der Waals surface area contributed by atoms with Gasteiger partial charge in [0.2, 0.25) is 0 Å². The van der Waals surface area contributed by atoms with E-state index in [2.05, 4.69) is 61.5 Å². The van der Waals surface area contributed by atoms with E-state index in [1.807, 2.05) is 18.2 Å². The van der Waals surface area contributed by atoms with Crippen molar-refractivity contribution >= 4 is 6.08 Å². The van der Waals surface area contributed by atoms with Crippen LogP contribution in [0, 0.1) is 5.92 Å². The molecule has 0 saturated heterocycles. The van der Waals surface area contributed by atoms with Gasteiger partial charge in [0.1, 0.15) is 5.75 Å². The molecule has 2 atom stereocenters. The molecule has 1 saturated carbocycles. The summed E-state index contributed by atoms with van der Waals surface area (Å²) in [6, 6.07) is 18.5. The summed E-state index contributed by atoms with van der Waals surface area (Å²) in [6.07, 6.45) is 7.16. The van der Waals surface area contributed by atoms with Crippen LogP contribution < -0.4 is 4.74 Å². The fourth-order valence-electron chi connectivity index (χ4n) is 4.37. The molecule has 1 aliphatic carbocycles. The van der Waals surface area contributed by atoms with Gasteiger partial charge in [-0.1, -0.05) is 55.0 Å². The Kier molecular flexibility index (Phi) is 6.93. The SMILES string of the molecule is COc1ccc(C=C2CCCCC(CN(C)C)C2(O)Cc2ccccc2)cc1. The van der Waals surface area contributed by atoms with Crippen LogP contribution in [-0.4, -0.2) is 43.4 Å². The highest BCUT2D eigenvalue weighted by Crippen LogP contribution is 2.40. The van der Waals surface area contributed by atoms with Crippen LogP contribution in [0.3, 0.4) is 0 Å². The summed E-state index contributed by atoms with van der Waals surface area (Å²) in [5, 5.41) is 12.1. The van der Waals surface area contributed by atoms with E-state index in [0.717, 1.165) is 49.1 Å². The summed E-state index contributed by atoms with van der Waals surface area (Å²) in [5.74, 6) is 1.07. The minimum absolute atomic E-state index is 0.217. The van der Waals surface area contributed by atoms with Gasteiger partial charge >= 0.3 is 0 Å². The maximum atomic E-state index is 12.1. The van der Waals surface area contributed by atoms with Crippen LogP contribution in [0.25, 0.3) is 6.08 Å². The van der Waals surface area contributed by atoms with Crippen molar-refractivity contribution < 1.29 is 9.84 Å². The third-order valence-corrected chi connectivity index (χ3v) is 5.84. The Balaban J connectivity index is 2.00. The zero-order valence-corrected chi connectivity index (χ0v) is 17.4. The van der Waals surface area contributed by atoms with Crippen molar-refractivity contribution in [2.24, 2.45) is 5.92 Å². The van der Waals surface area contributed by atoms with Gasteiger partial charge in [-0.3, -0.25) is 0 Å². The lowest BCUT2D eigenvalue weighted by Crippen LogP contribution is -2.45. The van der Waals surface area contributed by atoms with Crippen LogP contribution in [0.1, 0.15) is 36.8 Å². The molecular weight excluding hydrogens is 346 g/mol. The molecule has 1 aliphatic rings. The predicted molar refractivity (Wildman–Crippen MR) is 117 cm³/mol. The summed E-state index contributed by atoms with van der Waals surface area (Å²) >= 11 is 0. The van der Waals surface area contributed by atoms with Gasteiger partial charge < -0.3 is 14.7 Å². The Morgan fingerprint density at radius 2 is 1.79 bits per heavy atom. The van der Waals surface area contributed by atoms with Crippen molar-refractivity contribution in [3.05, 3.63) is 71.3 Å². The first-order valence-electron chi connectivity index (χ1n) is 10.3. The van der Waals surface area contributed by atoms with E-state index in [-0.39, 0.29) is 5.92 Å². The molecule has 1 fully saturated rings. The van der Waals surface area contributed by atoms with Gasteiger partial charge in [0.15, 0.2) is 0 Å². The highest BCUT2D eigenvalue weighted by Gasteiger charge is 2.41. The van der Waals surface area contributed by atoms with Crippen LogP contribution >= 0.6 is 0 Å². The summed E-state index contributed by atoms with van der Waals surface area (Å²) in [5.41, 5.74) is 2.64. The van der Waals surface area contributed by atoms with E-state index in [1.165, 1.54) is 5.56 Å². The van der Waals surface area contributed by atoms with Crippen LogP contribution in [0.15, 0.2) is 60.2 Å².